The van der Waals surface area contributed by atoms with Gasteiger partial charge < -0.3 is 9.47 Å². The van der Waals surface area contributed by atoms with Crippen LogP contribution in [0.5, 0.6) is 0 Å². The van der Waals surface area contributed by atoms with Crippen LogP contribution in [0.25, 0.3) is 0 Å². The molecule has 0 saturated carbocycles. The lowest BCUT2D eigenvalue weighted by atomic mass is 10.3. The minimum Gasteiger partial charge on any atom is -0.446 e. The molecule has 4 nitrogen and oxygen atoms in total. The normalized spacial score (nSPS) is 11.9. The van der Waals surface area contributed by atoms with Crippen molar-refractivity contribution in [2.75, 3.05) is 13.2 Å². The topological polar surface area (TPSA) is 52.6 Å². The fourth-order valence-electron chi connectivity index (χ4n) is 0.789. The first-order valence-corrected chi connectivity index (χ1v) is 5.01. The Morgan fingerprint density at radius 2 is 2.20 bits per heavy atom. The SMILES string of the molecule is C=CCOCCC(Cl)OC(=O)CC(C)=O. The molecule has 0 amide bonds. The number of alkyl halides is 1. The van der Waals surface area contributed by atoms with Gasteiger partial charge in [-0.2, -0.15) is 0 Å². The van der Waals surface area contributed by atoms with Crippen LogP contribution in [0.2, 0.25) is 0 Å². The van der Waals surface area contributed by atoms with Crippen LogP contribution in [-0.2, 0) is 19.1 Å². The Hall–Kier alpha value is -0.870. The van der Waals surface area contributed by atoms with Crippen molar-refractivity contribution < 1.29 is 19.1 Å². The summed E-state index contributed by atoms with van der Waals surface area (Å²) in [7, 11) is 0. The molecule has 0 heterocycles. The average Bonchev–Trinajstić information content (AvgIpc) is 2.10. The van der Waals surface area contributed by atoms with Crippen molar-refractivity contribution in [2.45, 2.75) is 25.3 Å². The molecule has 0 spiro atoms. The summed E-state index contributed by atoms with van der Waals surface area (Å²) in [5.41, 5.74) is -0.748. The largest absolute Gasteiger partial charge is 0.446 e. The van der Waals surface area contributed by atoms with Gasteiger partial charge in [0.25, 0.3) is 0 Å². The zero-order valence-electron chi connectivity index (χ0n) is 8.70. The van der Waals surface area contributed by atoms with Gasteiger partial charge in [0.2, 0.25) is 0 Å². The van der Waals surface area contributed by atoms with E-state index >= 15 is 0 Å². The smallest absolute Gasteiger partial charge is 0.314 e. The predicted molar refractivity (Wildman–Crippen MR) is 56.7 cm³/mol. The van der Waals surface area contributed by atoms with Gasteiger partial charge in [-0.3, -0.25) is 9.59 Å². The maximum absolute atomic E-state index is 11.0. The third-order valence-corrected chi connectivity index (χ3v) is 1.68. The number of carbonyl (C=O) groups is 2. The molecule has 0 aliphatic carbocycles. The van der Waals surface area contributed by atoms with Gasteiger partial charge >= 0.3 is 5.97 Å². The molecule has 1 unspecified atom stereocenters. The van der Waals surface area contributed by atoms with Crippen molar-refractivity contribution >= 4 is 23.4 Å². The molecule has 0 radical (unpaired) electrons. The lowest BCUT2D eigenvalue weighted by molar-refractivity contribution is -0.147. The predicted octanol–water partition coefficient (Wildman–Crippen LogP) is 1.67. The fraction of sp³-hybridized carbons (Fsp3) is 0.600. The van der Waals surface area contributed by atoms with Crippen LogP contribution in [0.1, 0.15) is 19.8 Å². The molecule has 0 bridgehead atoms. The standard InChI is InChI=1S/C10H15ClO4/c1-3-5-14-6-4-9(11)15-10(13)7-8(2)12/h3,9H,1,4-7H2,2H3. The van der Waals surface area contributed by atoms with Crippen LogP contribution in [-0.4, -0.2) is 30.5 Å². The van der Waals surface area contributed by atoms with Crippen LogP contribution in [0.3, 0.4) is 0 Å². The number of halogens is 1. The molecule has 0 rings (SSSR count). The number of ketones is 1. The Bertz CT molecular complexity index is 227. The molecule has 0 aromatic rings. The number of hydrogen-bond donors (Lipinski definition) is 0. The van der Waals surface area contributed by atoms with Gasteiger partial charge in [0, 0.05) is 6.42 Å². The summed E-state index contributed by atoms with van der Waals surface area (Å²) in [6.07, 6.45) is 1.76. The second-order valence-corrected chi connectivity index (χ2v) is 3.42. The van der Waals surface area contributed by atoms with Gasteiger partial charge in [0.15, 0.2) is 5.56 Å². The molecule has 0 fully saturated rings. The van der Waals surface area contributed by atoms with Crippen molar-refractivity contribution in [1.82, 2.24) is 0 Å². The summed E-state index contributed by atoms with van der Waals surface area (Å²) in [6.45, 7) is 5.61. The summed E-state index contributed by atoms with van der Waals surface area (Å²) in [5, 5.41) is 0. The van der Waals surface area contributed by atoms with Crippen LogP contribution >= 0.6 is 11.6 Å². The summed E-state index contributed by atoms with van der Waals surface area (Å²) in [6, 6.07) is 0. The third-order valence-electron chi connectivity index (χ3n) is 1.38. The Morgan fingerprint density at radius 3 is 2.73 bits per heavy atom. The summed E-state index contributed by atoms with van der Waals surface area (Å²) >= 11 is 5.68. The van der Waals surface area contributed by atoms with Crippen molar-refractivity contribution in [1.29, 1.82) is 0 Å². The first kappa shape index (κ1) is 14.1. The summed E-state index contributed by atoms with van der Waals surface area (Å²) < 4.78 is 9.80. The highest BCUT2D eigenvalue weighted by molar-refractivity contribution is 6.20. The van der Waals surface area contributed by atoms with Gasteiger partial charge in [0.05, 0.1) is 13.2 Å². The number of Topliss-reactive ketones (excluding diaryl/α,β-unsaturated/α-hetero) is 1. The minimum absolute atomic E-state index is 0.239. The molecular weight excluding hydrogens is 220 g/mol. The Morgan fingerprint density at radius 1 is 1.53 bits per heavy atom. The van der Waals surface area contributed by atoms with Crippen molar-refractivity contribution in [2.24, 2.45) is 0 Å². The summed E-state index contributed by atoms with van der Waals surface area (Å²) in [4.78, 5) is 21.5. The quantitative estimate of drug-likeness (QED) is 0.211. The van der Waals surface area contributed by atoms with E-state index in [1.807, 2.05) is 0 Å². The molecular formula is C10H15ClO4. The molecule has 0 aliphatic rings. The van der Waals surface area contributed by atoms with E-state index in [4.69, 9.17) is 21.1 Å². The molecule has 5 heteroatoms. The minimum atomic E-state index is -0.748. The van der Waals surface area contributed by atoms with E-state index in [2.05, 4.69) is 6.58 Å². The zero-order valence-corrected chi connectivity index (χ0v) is 9.46. The van der Waals surface area contributed by atoms with Crippen LogP contribution in [0.4, 0.5) is 0 Å². The van der Waals surface area contributed by atoms with Gasteiger partial charge in [0.1, 0.15) is 12.2 Å². The Labute approximate surface area is 94.2 Å². The van der Waals surface area contributed by atoms with Crippen molar-refractivity contribution in [3.05, 3.63) is 12.7 Å². The number of rotatable bonds is 8. The maximum atomic E-state index is 11.0. The van der Waals surface area contributed by atoms with Gasteiger partial charge in [-0.15, -0.1) is 6.58 Å². The molecule has 0 aliphatic heterocycles. The number of carbonyl (C=O) groups excluding carboxylic acids is 2. The maximum Gasteiger partial charge on any atom is 0.314 e. The molecule has 0 saturated heterocycles. The van der Waals surface area contributed by atoms with E-state index in [0.717, 1.165) is 0 Å². The molecule has 0 N–H and O–H groups in total. The number of hydrogen-bond acceptors (Lipinski definition) is 4. The van der Waals surface area contributed by atoms with Crippen LogP contribution < -0.4 is 0 Å². The Balaban J connectivity index is 3.54. The molecule has 0 aromatic heterocycles. The third kappa shape index (κ3) is 9.43. The molecule has 15 heavy (non-hydrogen) atoms. The van der Waals surface area contributed by atoms with Gasteiger partial charge in [-0.25, -0.2) is 0 Å². The Kier molecular flexibility index (Phi) is 7.95. The van der Waals surface area contributed by atoms with Gasteiger partial charge in [-0.05, 0) is 6.92 Å². The molecule has 0 aromatic carbocycles. The van der Waals surface area contributed by atoms with E-state index in [1.54, 1.807) is 6.08 Å². The highest BCUT2D eigenvalue weighted by Gasteiger charge is 2.12. The highest BCUT2D eigenvalue weighted by atomic mass is 35.5. The number of ether oxygens (including phenoxy) is 2. The zero-order chi connectivity index (χ0) is 11.7. The average molecular weight is 235 g/mol. The van der Waals surface area contributed by atoms with Crippen LogP contribution in [0.15, 0.2) is 12.7 Å². The second-order valence-electron chi connectivity index (χ2n) is 2.93. The fourth-order valence-corrected chi connectivity index (χ4v) is 0.978. The first-order chi connectivity index (χ1) is 7.06. The molecule has 86 valence electrons. The van der Waals surface area contributed by atoms with E-state index in [9.17, 15) is 9.59 Å². The lowest BCUT2D eigenvalue weighted by Gasteiger charge is -2.10. The van der Waals surface area contributed by atoms with E-state index in [0.29, 0.717) is 19.6 Å². The van der Waals surface area contributed by atoms with E-state index < -0.39 is 11.5 Å². The molecule has 1 atom stereocenters. The van der Waals surface area contributed by atoms with Crippen molar-refractivity contribution in [3.63, 3.8) is 0 Å². The first-order valence-electron chi connectivity index (χ1n) is 4.58. The monoisotopic (exact) mass is 234 g/mol. The summed E-state index contributed by atoms with van der Waals surface area (Å²) in [5.74, 6) is -0.849. The van der Waals surface area contributed by atoms with E-state index in [-0.39, 0.29) is 12.2 Å². The lowest BCUT2D eigenvalue weighted by Crippen LogP contribution is -2.16. The number of esters is 1. The van der Waals surface area contributed by atoms with Crippen molar-refractivity contribution in [3.8, 4) is 0 Å². The highest BCUT2D eigenvalue weighted by Crippen LogP contribution is 2.06. The second kappa shape index (κ2) is 8.44. The van der Waals surface area contributed by atoms with Gasteiger partial charge in [-0.1, -0.05) is 17.7 Å². The van der Waals surface area contributed by atoms with E-state index in [1.165, 1.54) is 6.92 Å². The van der Waals surface area contributed by atoms with Crippen LogP contribution in [0, 0.1) is 0 Å².